The van der Waals surface area contributed by atoms with Crippen LogP contribution >= 0.6 is 0 Å². The number of carbonyl (C=O) groups excluding carboxylic acids is 1. The van der Waals surface area contributed by atoms with E-state index in [1.54, 1.807) is 0 Å². The average Bonchev–Trinajstić information content (AvgIpc) is 2.68. The first kappa shape index (κ1) is 19.7. The molecule has 0 amide bonds. The zero-order chi connectivity index (χ0) is 20.0. The number of benzene rings is 3. The third-order valence-corrected chi connectivity index (χ3v) is 4.03. The summed E-state index contributed by atoms with van der Waals surface area (Å²) >= 11 is 0. The minimum Gasteiger partial charge on any atom is -0.488 e. The molecule has 28 heavy (non-hydrogen) atoms. The molecule has 0 bridgehead atoms. The van der Waals surface area contributed by atoms with E-state index in [0.717, 1.165) is 22.4 Å². The van der Waals surface area contributed by atoms with Crippen molar-refractivity contribution in [1.82, 2.24) is 0 Å². The van der Waals surface area contributed by atoms with Crippen molar-refractivity contribution in [3.8, 4) is 5.75 Å². The van der Waals surface area contributed by atoms with Crippen LogP contribution in [0.4, 0.5) is 0 Å². The molecule has 3 nitrogen and oxygen atoms in total. The molecule has 1 radical (unpaired) electrons. The highest BCUT2D eigenvalue weighted by Crippen LogP contribution is 2.27. The summed E-state index contributed by atoms with van der Waals surface area (Å²) in [5, 5.41) is 0. The first-order valence-corrected chi connectivity index (χ1v) is 9.35. The van der Waals surface area contributed by atoms with E-state index in [1.807, 2.05) is 106 Å². The van der Waals surface area contributed by atoms with Crippen molar-refractivity contribution < 1.29 is 14.3 Å². The number of hydrogen-bond donors (Lipinski definition) is 0. The number of esters is 1. The third kappa shape index (κ3) is 5.71. The van der Waals surface area contributed by atoms with Crippen LogP contribution in [0.1, 0.15) is 43.6 Å². The molecular formula is C25H25O3. The zero-order valence-corrected chi connectivity index (χ0v) is 16.5. The normalized spacial score (nSPS) is 11.3. The first-order chi connectivity index (χ1) is 13.4. The van der Waals surface area contributed by atoms with Gasteiger partial charge in [0.25, 0.3) is 0 Å². The van der Waals surface area contributed by atoms with E-state index >= 15 is 0 Å². The van der Waals surface area contributed by atoms with Gasteiger partial charge in [-0.15, -0.1) is 0 Å². The van der Waals surface area contributed by atoms with E-state index in [9.17, 15) is 4.79 Å². The van der Waals surface area contributed by atoms with Crippen molar-refractivity contribution >= 4 is 5.97 Å². The van der Waals surface area contributed by atoms with Crippen LogP contribution in [0.5, 0.6) is 5.75 Å². The third-order valence-electron chi connectivity index (χ3n) is 4.03. The lowest BCUT2D eigenvalue weighted by atomic mass is 10.0. The first-order valence-electron chi connectivity index (χ1n) is 9.35. The van der Waals surface area contributed by atoms with E-state index < -0.39 is 6.10 Å². The molecule has 0 N–H and O–H groups in total. The maximum Gasteiger partial charge on any atom is 0.315 e. The molecule has 3 aromatic rings. The predicted molar refractivity (Wildman–Crippen MR) is 111 cm³/mol. The lowest BCUT2D eigenvalue weighted by Gasteiger charge is -2.21. The van der Waals surface area contributed by atoms with Crippen LogP contribution in [0.15, 0.2) is 84.9 Å². The van der Waals surface area contributed by atoms with Crippen LogP contribution in [-0.4, -0.2) is 11.6 Å². The Morgan fingerprint density at radius 3 is 1.75 bits per heavy atom. The summed E-state index contributed by atoms with van der Waals surface area (Å²) in [6.45, 7) is 5.99. The molecule has 3 aromatic carbocycles. The fourth-order valence-corrected chi connectivity index (χ4v) is 2.86. The average molecular weight is 373 g/mol. The van der Waals surface area contributed by atoms with Crippen LogP contribution in [0.2, 0.25) is 0 Å². The molecule has 0 unspecified atom stereocenters. The highest BCUT2D eigenvalue weighted by Gasteiger charge is 2.19. The number of carbonyl (C=O) groups is 1. The van der Waals surface area contributed by atoms with E-state index in [1.165, 1.54) is 6.42 Å². The molecule has 0 aliphatic heterocycles. The lowest BCUT2D eigenvalue weighted by Crippen LogP contribution is -2.22. The van der Waals surface area contributed by atoms with Crippen LogP contribution < -0.4 is 4.74 Å². The van der Waals surface area contributed by atoms with Crippen molar-refractivity contribution in [3.63, 3.8) is 0 Å². The van der Waals surface area contributed by atoms with Gasteiger partial charge in [-0.3, -0.25) is 4.79 Å². The molecular weight excluding hydrogens is 348 g/mol. The van der Waals surface area contributed by atoms with Gasteiger partial charge in [0.2, 0.25) is 0 Å². The van der Waals surface area contributed by atoms with Gasteiger partial charge in [0.1, 0.15) is 11.4 Å². The Morgan fingerprint density at radius 2 is 1.29 bits per heavy atom. The SMILES string of the molecule is CC(C)(C)Oc1ccc([CH]C(=O)OC(c2ccccc2)c2ccccc2)cc1. The summed E-state index contributed by atoms with van der Waals surface area (Å²) in [7, 11) is 0. The standard InChI is InChI=1S/C25H25O3/c1-25(2,3)28-22-16-14-19(15-17-22)18-23(26)27-24(20-10-6-4-7-11-20)21-12-8-5-9-13-21/h4-18,24H,1-3H3. The van der Waals surface area contributed by atoms with Gasteiger partial charge < -0.3 is 9.47 Å². The second kappa shape index (κ2) is 8.75. The predicted octanol–water partition coefficient (Wildman–Crippen LogP) is 5.75. The van der Waals surface area contributed by atoms with E-state index in [4.69, 9.17) is 9.47 Å². The van der Waals surface area contributed by atoms with Gasteiger partial charge in [-0.25, -0.2) is 0 Å². The Balaban J connectivity index is 1.71. The zero-order valence-electron chi connectivity index (χ0n) is 16.5. The maximum absolute atomic E-state index is 12.6. The summed E-state index contributed by atoms with van der Waals surface area (Å²) in [6.07, 6.45) is 1.05. The largest absolute Gasteiger partial charge is 0.488 e. The molecule has 0 spiro atoms. The number of ether oxygens (including phenoxy) is 2. The summed E-state index contributed by atoms with van der Waals surface area (Å²) in [5.41, 5.74) is 2.38. The highest BCUT2D eigenvalue weighted by atomic mass is 16.5. The molecule has 0 aliphatic carbocycles. The van der Waals surface area contributed by atoms with Crippen molar-refractivity contribution in [3.05, 3.63) is 108 Å². The van der Waals surface area contributed by atoms with Crippen LogP contribution in [0.25, 0.3) is 0 Å². The number of hydrogen-bond acceptors (Lipinski definition) is 3. The van der Waals surface area contributed by atoms with Crippen LogP contribution in [0.3, 0.4) is 0 Å². The minimum atomic E-state index is -0.449. The smallest absolute Gasteiger partial charge is 0.315 e. The summed E-state index contributed by atoms with van der Waals surface area (Å²) in [5.74, 6) is 0.381. The van der Waals surface area contributed by atoms with Crippen molar-refractivity contribution in [2.75, 3.05) is 0 Å². The molecule has 0 saturated heterocycles. The van der Waals surface area contributed by atoms with Gasteiger partial charge in [0, 0.05) is 0 Å². The molecule has 0 aromatic heterocycles. The van der Waals surface area contributed by atoms with E-state index in [2.05, 4.69) is 0 Å². The highest BCUT2D eigenvalue weighted by molar-refractivity contribution is 5.83. The van der Waals surface area contributed by atoms with Gasteiger partial charge in [-0.2, -0.15) is 0 Å². The molecule has 0 heterocycles. The van der Waals surface area contributed by atoms with Gasteiger partial charge in [-0.1, -0.05) is 72.8 Å². The Morgan fingerprint density at radius 1 is 0.786 bits per heavy atom. The summed E-state index contributed by atoms with van der Waals surface area (Å²) < 4.78 is 11.6. The molecule has 3 rings (SSSR count). The second-order valence-corrected chi connectivity index (χ2v) is 7.57. The molecule has 3 heteroatoms. The molecule has 0 fully saturated rings. The summed E-state index contributed by atoms with van der Waals surface area (Å²) in [4.78, 5) is 12.6. The fourth-order valence-electron chi connectivity index (χ4n) is 2.86. The number of rotatable bonds is 6. The Hall–Kier alpha value is -3.07. The summed E-state index contributed by atoms with van der Waals surface area (Å²) in [6, 6.07) is 26.9. The Labute approximate surface area is 166 Å². The van der Waals surface area contributed by atoms with Gasteiger partial charge in [0.05, 0.1) is 6.42 Å². The Bertz CT molecular complexity index is 839. The van der Waals surface area contributed by atoms with Crippen LogP contribution in [0, 0.1) is 6.42 Å². The molecule has 143 valence electrons. The van der Waals surface area contributed by atoms with Gasteiger partial charge in [-0.05, 0) is 49.6 Å². The lowest BCUT2D eigenvalue weighted by molar-refractivity contribution is -0.142. The van der Waals surface area contributed by atoms with Crippen molar-refractivity contribution in [2.45, 2.75) is 32.5 Å². The second-order valence-electron chi connectivity index (χ2n) is 7.57. The maximum atomic E-state index is 12.6. The van der Waals surface area contributed by atoms with E-state index in [0.29, 0.717) is 0 Å². The quantitative estimate of drug-likeness (QED) is 0.516. The van der Waals surface area contributed by atoms with Crippen LogP contribution in [-0.2, 0) is 9.53 Å². The minimum absolute atomic E-state index is 0.261. The molecule has 0 atom stereocenters. The van der Waals surface area contributed by atoms with Crippen molar-refractivity contribution in [2.24, 2.45) is 0 Å². The van der Waals surface area contributed by atoms with Gasteiger partial charge in [0.15, 0.2) is 6.10 Å². The monoisotopic (exact) mass is 373 g/mol. The fraction of sp³-hybridized carbons (Fsp3) is 0.200. The van der Waals surface area contributed by atoms with Gasteiger partial charge >= 0.3 is 5.97 Å². The molecule has 0 aliphatic rings. The topological polar surface area (TPSA) is 35.5 Å². The van der Waals surface area contributed by atoms with Crippen molar-refractivity contribution in [1.29, 1.82) is 0 Å². The molecule has 0 saturated carbocycles. The van der Waals surface area contributed by atoms with E-state index in [-0.39, 0.29) is 11.6 Å². The Kier molecular flexibility index (Phi) is 6.15.